The van der Waals surface area contributed by atoms with E-state index in [2.05, 4.69) is 31.4 Å². The van der Waals surface area contributed by atoms with E-state index < -0.39 is 15.9 Å². The molecule has 1 aromatic heterocycles. The van der Waals surface area contributed by atoms with E-state index in [4.69, 9.17) is 4.52 Å². The van der Waals surface area contributed by atoms with E-state index in [1.165, 1.54) is 19.2 Å². The molecule has 0 atom stereocenters. The highest BCUT2D eigenvalue weighted by molar-refractivity contribution is 9.10. The third kappa shape index (κ3) is 5.12. The number of carbonyl (C=O) groups is 1. The Morgan fingerprint density at radius 3 is 2.42 bits per heavy atom. The van der Waals surface area contributed by atoms with Gasteiger partial charge in [0.25, 0.3) is 0 Å². The number of nitrogens with one attached hydrogen (secondary N) is 1. The number of hydrogen-bond acceptors (Lipinski definition) is 6. The summed E-state index contributed by atoms with van der Waals surface area (Å²) in [7, 11) is -2.40. The smallest absolute Gasteiger partial charge is 0.243 e. The van der Waals surface area contributed by atoms with Crippen LogP contribution in [0.25, 0.3) is 0 Å². The number of nitrogens with zero attached hydrogens (tertiary/aromatic N) is 3. The van der Waals surface area contributed by atoms with Crippen molar-refractivity contribution >= 4 is 31.9 Å². The second-order valence-corrected chi connectivity index (χ2v) is 9.72. The van der Waals surface area contributed by atoms with Crippen LogP contribution in [-0.2, 0) is 26.8 Å². The van der Waals surface area contributed by atoms with Gasteiger partial charge in [0, 0.05) is 16.9 Å². The predicted molar refractivity (Wildman–Crippen MR) is 98.8 cm³/mol. The standard InChI is InChI=1S/C16H21BrN4O4S/c1-16(2,3)15-19-13(20-25-15)9-18-14(22)10-21(4)26(23,24)12-7-5-11(17)6-8-12/h5-8H,9-10H2,1-4H3,(H,18,22). The van der Waals surface area contributed by atoms with Crippen molar-refractivity contribution in [3.8, 4) is 0 Å². The van der Waals surface area contributed by atoms with Crippen molar-refractivity contribution in [2.75, 3.05) is 13.6 Å². The molecule has 0 radical (unpaired) electrons. The summed E-state index contributed by atoms with van der Waals surface area (Å²) in [5.74, 6) is 0.341. The van der Waals surface area contributed by atoms with E-state index in [-0.39, 0.29) is 23.4 Å². The summed E-state index contributed by atoms with van der Waals surface area (Å²) in [5, 5.41) is 6.39. The van der Waals surface area contributed by atoms with Gasteiger partial charge in [-0.25, -0.2) is 8.42 Å². The molecule has 0 spiro atoms. The third-order valence-corrected chi connectivity index (χ3v) is 5.79. The molecule has 10 heteroatoms. The number of carbonyl (C=O) groups excluding carboxylic acids is 1. The number of halogens is 1. The van der Waals surface area contributed by atoms with Crippen molar-refractivity contribution in [1.82, 2.24) is 19.8 Å². The Bertz CT molecular complexity index is 872. The van der Waals surface area contributed by atoms with Crippen LogP contribution < -0.4 is 5.32 Å². The van der Waals surface area contributed by atoms with Crippen molar-refractivity contribution in [3.05, 3.63) is 40.5 Å². The van der Waals surface area contributed by atoms with E-state index in [9.17, 15) is 13.2 Å². The summed E-state index contributed by atoms with van der Waals surface area (Å²) < 4.78 is 31.8. The molecule has 26 heavy (non-hydrogen) atoms. The minimum atomic E-state index is -3.75. The number of benzene rings is 1. The molecule has 0 bridgehead atoms. The first-order valence-corrected chi connectivity index (χ1v) is 10.0. The average Bonchev–Trinajstić information content (AvgIpc) is 3.02. The number of sulfonamides is 1. The number of amides is 1. The first kappa shape index (κ1) is 20.5. The number of hydrogen-bond donors (Lipinski definition) is 1. The Kier molecular flexibility index (Phi) is 6.20. The highest BCUT2D eigenvalue weighted by Crippen LogP contribution is 2.20. The Labute approximate surface area is 161 Å². The minimum absolute atomic E-state index is 0.0601. The lowest BCUT2D eigenvalue weighted by Gasteiger charge is -2.16. The first-order chi connectivity index (χ1) is 12.0. The quantitative estimate of drug-likeness (QED) is 0.730. The van der Waals surface area contributed by atoms with Crippen molar-refractivity contribution in [3.63, 3.8) is 0 Å². The molecule has 8 nitrogen and oxygen atoms in total. The molecule has 1 heterocycles. The van der Waals surface area contributed by atoms with Gasteiger partial charge < -0.3 is 9.84 Å². The normalized spacial score (nSPS) is 12.4. The van der Waals surface area contributed by atoms with Gasteiger partial charge in [0.05, 0.1) is 18.0 Å². The molecule has 1 amide bonds. The Hall–Kier alpha value is -1.78. The number of likely N-dealkylation sites (N-methyl/N-ethyl adjacent to an activating group) is 1. The topological polar surface area (TPSA) is 105 Å². The second-order valence-electron chi connectivity index (χ2n) is 6.76. The summed E-state index contributed by atoms with van der Waals surface area (Å²) in [6.45, 7) is 5.55. The van der Waals surface area contributed by atoms with Crippen LogP contribution in [0, 0.1) is 0 Å². The van der Waals surface area contributed by atoms with Crippen molar-refractivity contribution in [2.24, 2.45) is 0 Å². The third-order valence-electron chi connectivity index (χ3n) is 3.44. The Morgan fingerprint density at radius 1 is 1.27 bits per heavy atom. The van der Waals surface area contributed by atoms with Crippen LogP contribution in [0.15, 0.2) is 38.2 Å². The minimum Gasteiger partial charge on any atom is -0.348 e. The van der Waals surface area contributed by atoms with E-state index in [1.807, 2.05) is 20.8 Å². The van der Waals surface area contributed by atoms with E-state index in [1.54, 1.807) is 12.1 Å². The molecular formula is C16H21BrN4O4S. The van der Waals surface area contributed by atoms with E-state index in [0.717, 1.165) is 8.78 Å². The molecule has 0 saturated carbocycles. The highest BCUT2D eigenvalue weighted by atomic mass is 79.9. The predicted octanol–water partition coefficient (Wildman–Crippen LogP) is 2.07. The zero-order valence-corrected chi connectivity index (χ0v) is 17.4. The monoisotopic (exact) mass is 444 g/mol. The van der Waals surface area contributed by atoms with Gasteiger partial charge in [0.2, 0.25) is 21.8 Å². The zero-order valence-electron chi connectivity index (χ0n) is 15.0. The molecule has 0 unspecified atom stereocenters. The molecule has 2 rings (SSSR count). The summed E-state index contributed by atoms with van der Waals surface area (Å²) in [4.78, 5) is 16.4. The van der Waals surface area contributed by atoms with Crippen molar-refractivity contribution in [2.45, 2.75) is 37.6 Å². The van der Waals surface area contributed by atoms with Gasteiger partial charge in [-0.1, -0.05) is 41.9 Å². The van der Waals surface area contributed by atoms with Crippen LogP contribution in [0.3, 0.4) is 0 Å². The summed E-state index contributed by atoms with van der Waals surface area (Å²) >= 11 is 3.25. The van der Waals surface area contributed by atoms with Crippen molar-refractivity contribution < 1.29 is 17.7 Å². The van der Waals surface area contributed by atoms with Gasteiger partial charge in [0.1, 0.15) is 0 Å². The largest absolute Gasteiger partial charge is 0.348 e. The lowest BCUT2D eigenvalue weighted by atomic mass is 9.97. The average molecular weight is 445 g/mol. The van der Waals surface area contributed by atoms with Crippen LogP contribution in [0.1, 0.15) is 32.5 Å². The number of rotatable bonds is 6. The lowest BCUT2D eigenvalue weighted by Crippen LogP contribution is -2.38. The Morgan fingerprint density at radius 2 is 1.88 bits per heavy atom. The van der Waals surface area contributed by atoms with E-state index >= 15 is 0 Å². The van der Waals surface area contributed by atoms with Gasteiger partial charge in [-0.2, -0.15) is 9.29 Å². The summed E-state index contributed by atoms with van der Waals surface area (Å²) in [5.41, 5.74) is -0.283. The summed E-state index contributed by atoms with van der Waals surface area (Å²) in [6.07, 6.45) is 0. The fourth-order valence-electron chi connectivity index (χ4n) is 1.94. The molecule has 0 fully saturated rings. The molecule has 0 saturated heterocycles. The summed E-state index contributed by atoms with van der Waals surface area (Å²) in [6, 6.07) is 6.20. The molecule has 0 aliphatic carbocycles. The van der Waals surface area contributed by atoms with Gasteiger partial charge in [-0.05, 0) is 24.3 Å². The van der Waals surface area contributed by atoms with Crippen LogP contribution in [0.5, 0.6) is 0 Å². The maximum absolute atomic E-state index is 12.5. The fraction of sp³-hybridized carbons (Fsp3) is 0.438. The van der Waals surface area contributed by atoms with Gasteiger partial charge in [0.15, 0.2) is 5.82 Å². The number of aromatic nitrogens is 2. The maximum atomic E-state index is 12.5. The lowest BCUT2D eigenvalue weighted by molar-refractivity contribution is -0.121. The van der Waals surface area contributed by atoms with Gasteiger partial charge in [-0.15, -0.1) is 0 Å². The maximum Gasteiger partial charge on any atom is 0.243 e. The molecule has 2 aromatic rings. The molecular weight excluding hydrogens is 424 g/mol. The SMILES string of the molecule is CN(CC(=O)NCc1noc(C(C)(C)C)n1)S(=O)(=O)c1ccc(Br)cc1. The fourth-order valence-corrected chi connectivity index (χ4v) is 3.33. The van der Waals surface area contributed by atoms with Crippen LogP contribution in [0.4, 0.5) is 0 Å². The molecule has 1 aromatic carbocycles. The van der Waals surface area contributed by atoms with Gasteiger partial charge in [-0.3, -0.25) is 4.79 Å². The molecule has 0 aliphatic rings. The van der Waals surface area contributed by atoms with Crippen molar-refractivity contribution in [1.29, 1.82) is 0 Å². The van der Waals surface area contributed by atoms with Crippen LogP contribution in [-0.4, -0.2) is 42.4 Å². The second kappa shape index (κ2) is 7.85. The zero-order chi connectivity index (χ0) is 19.5. The molecule has 142 valence electrons. The van der Waals surface area contributed by atoms with E-state index in [0.29, 0.717) is 11.7 Å². The van der Waals surface area contributed by atoms with Crippen LogP contribution >= 0.6 is 15.9 Å². The molecule has 1 N–H and O–H groups in total. The first-order valence-electron chi connectivity index (χ1n) is 7.82. The van der Waals surface area contributed by atoms with Gasteiger partial charge >= 0.3 is 0 Å². The van der Waals surface area contributed by atoms with Crippen LogP contribution in [0.2, 0.25) is 0 Å². The highest BCUT2D eigenvalue weighted by Gasteiger charge is 2.24. The Balaban J connectivity index is 1.94. The molecule has 0 aliphatic heterocycles.